The minimum Gasteiger partial charge on any atom is -0.456 e. The number of hydrogen-bond donors (Lipinski definition) is 1. The molecule has 7 nitrogen and oxygen atoms in total. The lowest BCUT2D eigenvalue weighted by Crippen LogP contribution is -2.39. The number of aromatic nitrogens is 2. The summed E-state index contributed by atoms with van der Waals surface area (Å²) >= 11 is 0. The lowest BCUT2D eigenvalue weighted by atomic mass is 10.1. The van der Waals surface area contributed by atoms with Gasteiger partial charge in [0.05, 0.1) is 23.6 Å². The SMILES string of the molecule is N#Cc1ccc2cc1Oc1ccc3cccc(c3c1)N1CC[C@H](NCCc3cncn3C2)C1=O. The van der Waals surface area contributed by atoms with Gasteiger partial charge in [0.25, 0.3) is 0 Å². The van der Waals surface area contributed by atoms with Gasteiger partial charge in [-0.15, -0.1) is 0 Å². The van der Waals surface area contributed by atoms with Crippen LogP contribution in [0, 0.1) is 11.3 Å². The number of imidazole rings is 1. The van der Waals surface area contributed by atoms with Gasteiger partial charge in [-0.25, -0.2) is 4.98 Å². The predicted octanol–water partition coefficient (Wildman–Crippen LogP) is 4.00. The molecular weight excluding hydrogens is 426 g/mol. The molecule has 1 aromatic heterocycles. The van der Waals surface area contributed by atoms with Crippen molar-refractivity contribution in [2.75, 3.05) is 18.0 Å². The highest BCUT2D eigenvalue weighted by Crippen LogP contribution is 2.35. The largest absolute Gasteiger partial charge is 0.456 e. The van der Waals surface area contributed by atoms with E-state index in [1.807, 2.05) is 66.0 Å². The monoisotopic (exact) mass is 449 g/mol. The highest BCUT2D eigenvalue weighted by atomic mass is 16.5. The molecule has 6 bridgehead atoms. The molecule has 1 saturated heterocycles. The molecule has 168 valence electrons. The smallest absolute Gasteiger partial charge is 0.244 e. The molecule has 1 amide bonds. The van der Waals surface area contributed by atoms with E-state index in [0.29, 0.717) is 36.7 Å². The molecule has 1 fully saturated rings. The summed E-state index contributed by atoms with van der Waals surface area (Å²) in [6.07, 6.45) is 5.21. The van der Waals surface area contributed by atoms with Crippen molar-refractivity contribution in [1.82, 2.24) is 14.9 Å². The van der Waals surface area contributed by atoms with Gasteiger partial charge in [0, 0.05) is 43.3 Å². The number of carbonyl (C=O) groups excluding carboxylic acids is 1. The summed E-state index contributed by atoms with van der Waals surface area (Å²) < 4.78 is 8.33. The number of hydrogen-bond acceptors (Lipinski definition) is 5. The number of carbonyl (C=O) groups is 1. The van der Waals surface area contributed by atoms with Crippen LogP contribution >= 0.6 is 0 Å². The fraction of sp³-hybridized carbons (Fsp3) is 0.222. The minimum atomic E-state index is -0.199. The van der Waals surface area contributed by atoms with Crippen molar-refractivity contribution in [3.05, 3.63) is 83.9 Å². The average molecular weight is 450 g/mol. The number of benzene rings is 3. The van der Waals surface area contributed by atoms with Crippen LogP contribution in [-0.4, -0.2) is 34.6 Å². The summed E-state index contributed by atoms with van der Waals surface area (Å²) in [4.78, 5) is 19.5. The zero-order valence-electron chi connectivity index (χ0n) is 18.6. The molecule has 0 saturated carbocycles. The molecule has 3 aromatic carbocycles. The molecule has 0 aliphatic carbocycles. The molecular formula is C27H23N5O2. The second kappa shape index (κ2) is 8.32. The maximum Gasteiger partial charge on any atom is 0.244 e. The van der Waals surface area contributed by atoms with Crippen molar-refractivity contribution in [2.24, 2.45) is 0 Å². The maximum absolute atomic E-state index is 13.3. The molecule has 6 rings (SSSR count). The Labute approximate surface area is 197 Å². The van der Waals surface area contributed by atoms with Crippen LogP contribution in [0.2, 0.25) is 0 Å². The molecule has 2 aliphatic heterocycles. The Hall–Kier alpha value is -4.15. The highest BCUT2D eigenvalue weighted by Gasteiger charge is 2.33. The first-order valence-corrected chi connectivity index (χ1v) is 11.5. The standard InChI is InChI=1S/C27H23N5O2/c28-14-20-5-4-18-12-26(20)34-22-7-6-19-2-1-3-25(23(19)13-22)32-11-9-24(27(32)33)30-10-8-21-15-29-17-31(21)16-18/h1-7,12-13,15,17,24,30H,8-11,16H2/t24-/m0/s1. The van der Waals surface area contributed by atoms with Crippen molar-refractivity contribution in [2.45, 2.75) is 25.4 Å². The molecule has 0 unspecified atom stereocenters. The van der Waals surface area contributed by atoms with Crippen LogP contribution in [0.4, 0.5) is 5.69 Å². The Morgan fingerprint density at radius 3 is 3.00 bits per heavy atom. The average Bonchev–Trinajstić information content (AvgIpc) is 3.44. The molecule has 4 aromatic rings. The van der Waals surface area contributed by atoms with E-state index in [0.717, 1.165) is 40.6 Å². The Bertz CT molecular complexity index is 1450. The quantitative estimate of drug-likeness (QED) is 0.439. The van der Waals surface area contributed by atoms with Crippen LogP contribution in [0.15, 0.2) is 67.1 Å². The van der Waals surface area contributed by atoms with Crippen LogP contribution in [0.3, 0.4) is 0 Å². The number of ether oxygens (including phenoxy) is 1. The summed E-state index contributed by atoms with van der Waals surface area (Å²) in [5.41, 5.74) is 3.46. The van der Waals surface area contributed by atoms with Gasteiger partial charge < -0.3 is 19.5 Å². The third-order valence-corrected chi connectivity index (χ3v) is 6.64. The summed E-state index contributed by atoms with van der Waals surface area (Å²) in [5, 5.41) is 15.1. The van der Waals surface area contributed by atoms with Gasteiger partial charge in [0.2, 0.25) is 5.91 Å². The Kier molecular flexibility index (Phi) is 5.01. The van der Waals surface area contributed by atoms with E-state index in [1.165, 1.54) is 0 Å². The van der Waals surface area contributed by atoms with Crippen molar-refractivity contribution >= 4 is 22.4 Å². The Balaban J connectivity index is 1.48. The molecule has 1 atom stereocenters. The fourth-order valence-electron chi connectivity index (χ4n) is 4.88. The van der Waals surface area contributed by atoms with E-state index < -0.39 is 0 Å². The van der Waals surface area contributed by atoms with E-state index in [-0.39, 0.29) is 11.9 Å². The molecule has 1 N–H and O–H groups in total. The first kappa shape index (κ1) is 20.5. The number of nitrogens with one attached hydrogen (secondary N) is 1. The zero-order chi connectivity index (χ0) is 23.1. The maximum atomic E-state index is 13.3. The summed E-state index contributed by atoms with van der Waals surface area (Å²) in [7, 11) is 0. The first-order chi connectivity index (χ1) is 16.7. The van der Waals surface area contributed by atoms with Crippen molar-refractivity contribution in [3.63, 3.8) is 0 Å². The Morgan fingerprint density at radius 1 is 1.15 bits per heavy atom. The first-order valence-electron chi connectivity index (χ1n) is 11.5. The van der Waals surface area contributed by atoms with Crippen LogP contribution < -0.4 is 15.0 Å². The van der Waals surface area contributed by atoms with Gasteiger partial charge >= 0.3 is 0 Å². The summed E-state index contributed by atoms with van der Waals surface area (Å²) in [6.45, 7) is 1.98. The van der Waals surface area contributed by atoms with E-state index in [4.69, 9.17) is 4.74 Å². The van der Waals surface area contributed by atoms with Crippen molar-refractivity contribution in [1.29, 1.82) is 5.26 Å². The van der Waals surface area contributed by atoms with Gasteiger partial charge in [-0.05, 0) is 47.7 Å². The number of nitriles is 1. The van der Waals surface area contributed by atoms with Gasteiger partial charge in [-0.3, -0.25) is 4.79 Å². The number of rotatable bonds is 0. The molecule has 2 aliphatic rings. The number of fused-ring (bicyclic) bond motifs is 7. The highest BCUT2D eigenvalue weighted by molar-refractivity contribution is 6.07. The molecule has 0 spiro atoms. The molecule has 3 heterocycles. The van der Waals surface area contributed by atoms with Gasteiger partial charge in [0.1, 0.15) is 17.6 Å². The molecule has 7 heteroatoms. The Morgan fingerprint density at radius 2 is 2.09 bits per heavy atom. The second-order valence-corrected chi connectivity index (χ2v) is 8.75. The van der Waals surface area contributed by atoms with E-state index in [2.05, 4.69) is 20.9 Å². The third kappa shape index (κ3) is 3.58. The van der Waals surface area contributed by atoms with E-state index >= 15 is 0 Å². The van der Waals surface area contributed by atoms with Crippen LogP contribution in [0.1, 0.15) is 23.2 Å². The molecule has 0 radical (unpaired) electrons. The van der Waals surface area contributed by atoms with Crippen molar-refractivity contribution < 1.29 is 9.53 Å². The minimum absolute atomic E-state index is 0.0927. The van der Waals surface area contributed by atoms with Gasteiger partial charge in [0.15, 0.2) is 0 Å². The third-order valence-electron chi connectivity index (χ3n) is 6.64. The molecule has 34 heavy (non-hydrogen) atoms. The van der Waals surface area contributed by atoms with Crippen LogP contribution in [0.25, 0.3) is 10.8 Å². The zero-order valence-corrected chi connectivity index (χ0v) is 18.6. The van der Waals surface area contributed by atoms with E-state index in [1.54, 1.807) is 6.07 Å². The predicted molar refractivity (Wildman–Crippen MR) is 129 cm³/mol. The van der Waals surface area contributed by atoms with Crippen LogP contribution in [0.5, 0.6) is 11.5 Å². The number of anilines is 1. The fourth-order valence-corrected chi connectivity index (χ4v) is 4.88. The van der Waals surface area contributed by atoms with E-state index in [9.17, 15) is 10.1 Å². The summed E-state index contributed by atoms with van der Waals surface area (Å²) in [5.74, 6) is 1.24. The number of nitrogens with zero attached hydrogens (tertiary/aromatic N) is 4. The second-order valence-electron chi connectivity index (χ2n) is 8.75. The topological polar surface area (TPSA) is 83.2 Å². The van der Waals surface area contributed by atoms with Gasteiger partial charge in [-0.1, -0.05) is 24.3 Å². The van der Waals surface area contributed by atoms with Crippen LogP contribution in [-0.2, 0) is 17.8 Å². The van der Waals surface area contributed by atoms with Crippen molar-refractivity contribution in [3.8, 4) is 17.6 Å². The summed E-state index contributed by atoms with van der Waals surface area (Å²) in [6, 6.07) is 19.6. The normalized spacial score (nSPS) is 17.8. The van der Waals surface area contributed by atoms with Gasteiger partial charge in [-0.2, -0.15) is 5.26 Å². The lowest BCUT2D eigenvalue weighted by molar-refractivity contribution is -0.118. The number of amides is 1. The lowest BCUT2D eigenvalue weighted by Gasteiger charge is -2.20.